The molecule has 1 aromatic carbocycles. The lowest BCUT2D eigenvalue weighted by Gasteiger charge is -2.18. The van der Waals surface area contributed by atoms with E-state index in [0.29, 0.717) is 17.8 Å². The van der Waals surface area contributed by atoms with Gasteiger partial charge in [0.15, 0.2) is 0 Å². The predicted octanol–water partition coefficient (Wildman–Crippen LogP) is 2.27. The van der Waals surface area contributed by atoms with E-state index in [2.05, 4.69) is 16.7 Å². The lowest BCUT2D eigenvalue weighted by molar-refractivity contribution is -0.384. The molecule has 7 nitrogen and oxygen atoms in total. The molecule has 0 saturated carbocycles. The zero-order valence-electron chi connectivity index (χ0n) is 14.0. The first kappa shape index (κ1) is 19.2. The molecule has 1 fully saturated rings. The van der Waals surface area contributed by atoms with Crippen LogP contribution in [0.4, 0.5) is 11.4 Å². The highest BCUT2D eigenvalue weighted by Gasteiger charge is 2.23. The highest BCUT2D eigenvalue weighted by atomic mass is 35.5. The van der Waals surface area contributed by atoms with Crippen molar-refractivity contribution in [3.05, 3.63) is 45.5 Å². The summed E-state index contributed by atoms with van der Waals surface area (Å²) < 4.78 is 0. The zero-order chi connectivity index (χ0) is 16.9. The Kier molecular flexibility index (Phi) is 6.78. The number of hydrogen-bond donors (Lipinski definition) is 2. The van der Waals surface area contributed by atoms with Gasteiger partial charge in [-0.05, 0) is 37.9 Å². The monoisotopic (exact) mass is 366 g/mol. The molecular weight excluding hydrogens is 344 g/mol. The molecule has 2 aliphatic heterocycles. The molecule has 2 heterocycles. The van der Waals surface area contributed by atoms with E-state index in [-0.39, 0.29) is 24.0 Å². The molecule has 2 N–H and O–H groups in total. The van der Waals surface area contributed by atoms with Gasteiger partial charge in [0.2, 0.25) is 0 Å². The second-order valence-corrected chi connectivity index (χ2v) is 6.15. The minimum Gasteiger partial charge on any atom is -0.366 e. The van der Waals surface area contributed by atoms with Crippen molar-refractivity contribution in [2.75, 3.05) is 37.6 Å². The Morgan fingerprint density at radius 3 is 2.72 bits per heavy atom. The number of halogens is 1. The average Bonchev–Trinajstić information content (AvgIpc) is 3.14. The van der Waals surface area contributed by atoms with Crippen LogP contribution in [0.2, 0.25) is 0 Å². The quantitative estimate of drug-likeness (QED) is 0.474. The van der Waals surface area contributed by atoms with E-state index in [4.69, 9.17) is 0 Å². The number of nitrogens with one attached hydrogen (secondary N) is 2. The molecule has 1 saturated heterocycles. The molecule has 3 rings (SSSR count). The number of carbonyl (C=O) groups is 1. The first-order chi connectivity index (χ1) is 11.6. The van der Waals surface area contributed by atoms with Gasteiger partial charge in [-0.1, -0.05) is 11.6 Å². The SMILES string of the molecule is Cl.O=C(NCC1=CCNCC1)c1ccc(N2CCCC2)c([N+](=O)[O-])c1. The predicted molar refractivity (Wildman–Crippen MR) is 99.7 cm³/mol. The van der Waals surface area contributed by atoms with Gasteiger partial charge in [0.1, 0.15) is 5.69 Å². The zero-order valence-corrected chi connectivity index (χ0v) is 14.8. The number of rotatable bonds is 5. The topological polar surface area (TPSA) is 87.5 Å². The third-order valence-corrected chi connectivity index (χ3v) is 4.52. The number of amides is 1. The van der Waals surface area contributed by atoms with Crippen molar-refractivity contribution < 1.29 is 9.72 Å². The molecule has 0 spiro atoms. The molecule has 0 atom stereocenters. The van der Waals surface area contributed by atoms with Crippen LogP contribution in [-0.4, -0.2) is 43.6 Å². The Balaban J connectivity index is 0.00000225. The summed E-state index contributed by atoms with van der Waals surface area (Å²) in [7, 11) is 0. The van der Waals surface area contributed by atoms with Crippen LogP contribution in [0.1, 0.15) is 29.6 Å². The number of hydrogen-bond acceptors (Lipinski definition) is 5. The van der Waals surface area contributed by atoms with Crippen LogP contribution in [0.15, 0.2) is 29.8 Å². The molecule has 0 aromatic heterocycles. The summed E-state index contributed by atoms with van der Waals surface area (Å²) in [5, 5.41) is 17.5. The minimum absolute atomic E-state index is 0. The summed E-state index contributed by atoms with van der Waals surface area (Å²) in [6, 6.07) is 4.76. The summed E-state index contributed by atoms with van der Waals surface area (Å²) in [6.45, 7) is 3.88. The Labute approximate surface area is 153 Å². The van der Waals surface area contributed by atoms with Crippen molar-refractivity contribution >= 4 is 29.7 Å². The van der Waals surface area contributed by atoms with Crippen LogP contribution in [-0.2, 0) is 0 Å². The van der Waals surface area contributed by atoms with E-state index in [1.807, 2.05) is 4.90 Å². The van der Waals surface area contributed by atoms with Gasteiger partial charge in [0, 0.05) is 37.8 Å². The van der Waals surface area contributed by atoms with Crippen LogP contribution >= 0.6 is 12.4 Å². The maximum Gasteiger partial charge on any atom is 0.293 e. The van der Waals surface area contributed by atoms with Gasteiger partial charge in [0.05, 0.1) is 4.92 Å². The lowest BCUT2D eigenvalue weighted by atomic mass is 10.1. The third kappa shape index (κ3) is 4.70. The molecule has 0 aliphatic carbocycles. The normalized spacial score (nSPS) is 16.8. The number of benzene rings is 1. The first-order valence-electron chi connectivity index (χ1n) is 8.35. The highest BCUT2D eigenvalue weighted by molar-refractivity contribution is 5.96. The van der Waals surface area contributed by atoms with E-state index in [9.17, 15) is 14.9 Å². The van der Waals surface area contributed by atoms with Gasteiger partial charge < -0.3 is 15.5 Å². The Morgan fingerprint density at radius 2 is 2.08 bits per heavy atom. The first-order valence-corrected chi connectivity index (χ1v) is 8.35. The fourth-order valence-corrected chi connectivity index (χ4v) is 3.16. The Bertz CT molecular complexity index is 672. The van der Waals surface area contributed by atoms with Crippen LogP contribution in [0.3, 0.4) is 0 Å². The molecule has 1 amide bonds. The van der Waals surface area contributed by atoms with Crippen molar-refractivity contribution in [3.63, 3.8) is 0 Å². The molecule has 0 bridgehead atoms. The second-order valence-electron chi connectivity index (χ2n) is 6.15. The molecule has 0 unspecified atom stereocenters. The van der Waals surface area contributed by atoms with E-state index >= 15 is 0 Å². The smallest absolute Gasteiger partial charge is 0.293 e. The second kappa shape index (κ2) is 8.82. The third-order valence-electron chi connectivity index (χ3n) is 4.52. The maximum atomic E-state index is 12.3. The van der Waals surface area contributed by atoms with Crippen LogP contribution in [0.25, 0.3) is 0 Å². The number of nitrogens with zero attached hydrogens (tertiary/aromatic N) is 2. The minimum atomic E-state index is -0.403. The molecule has 0 radical (unpaired) electrons. The van der Waals surface area contributed by atoms with Crippen molar-refractivity contribution in [1.29, 1.82) is 0 Å². The van der Waals surface area contributed by atoms with Crippen LogP contribution in [0, 0.1) is 10.1 Å². The number of nitro benzene ring substituents is 1. The molecule has 2 aliphatic rings. The van der Waals surface area contributed by atoms with E-state index in [1.54, 1.807) is 12.1 Å². The molecule has 25 heavy (non-hydrogen) atoms. The molecule has 1 aromatic rings. The van der Waals surface area contributed by atoms with Crippen molar-refractivity contribution in [1.82, 2.24) is 10.6 Å². The average molecular weight is 367 g/mol. The van der Waals surface area contributed by atoms with Gasteiger partial charge >= 0.3 is 0 Å². The maximum absolute atomic E-state index is 12.3. The van der Waals surface area contributed by atoms with Gasteiger partial charge in [-0.15, -0.1) is 12.4 Å². The van der Waals surface area contributed by atoms with Crippen LogP contribution in [0.5, 0.6) is 0 Å². The fraction of sp³-hybridized carbons (Fsp3) is 0.471. The van der Waals surface area contributed by atoms with Crippen LogP contribution < -0.4 is 15.5 Å². The number of anilines is 1. The Morgan fingerprint density at radius 1 is 1.32 bits per heavy atom. The lowest BCUT2D eigenvalue weighted by Crippen LogP contribution is -2.29. The largest absolute Gasteiger partial charge is 0.366 e. The Hall–Kier alpha value is -2.12. The van der Waals surface area contributed by atoms with Gasteiger partial charge in [-0.25, -0.2) is 0 Å². The van der Waals surface area contributed by atoms with E-state index < -0.39 is 4.92 Å². The van der Waals surface area contributed by atoms with Crippen molar-refractivity contribution in [3.8, 4) is 0 Å². The van der Waals surface area contributed by atoms with Gasteiger partial charge in [-0.2, -0.15) is 0 Å². The van der Waals surface area contributed by atoms with Crippen molar-refractivity contribution in [2.24, 2.45) is 0 Å². The summed E-state index contributed by atoms with van der Waals surface area (Å²) in [6.07, 6.45) is 5.07. The number of nitro groups is 1. The van der Waals surface area contributed by atoms with E-state index in [1.165, 1.54) is 11.6 Å². The summed E-state index contributed by atoms with van der Waals surface area (Å²) >= 11 is 0. The van der Waals surface area contributed by atoms with Crippen molar-refractivity contribution in [2.45, 2.75) is 19.3 Å². The molecule has 136 valence electrons. The summed E-state index contributed by atoms with van der Waals surface area (Å²) in [4.78, 5) is 25.3. The fourth-order valence-electron chi connectivity index (χ4n) is 3.16. The number of carbonyl (C=O) groups excluding carboxylic acids is 1. The molecule has 8 heteroatoms. The standard InChI is InChI=1S/C17H22N4O3.ClH/c22-17(19-12-13-5-7-18-8-6-13)14-3-4-15(16(11-14)21(23)24)20-9-1-2-10-20;/h3-5,11,18H,1-2,6-10,12H2,(H,19,22);1H. The van der Waals surface area contributed by atoms with E-state index in [0.717, 1.165) is 45.4 Å². The summed E-state index contributed by atoms with van der Waals surface area (Å²) in [5.74, 6) is -0.273. The molecular formula is C17H23ClN4O3. The van der Waals surface area contributed by atoms with Gasteiger partial charge in [-0.3, -0.25) is 14.9 Å². The summed E-state index contributed by atoms with van der Waals surface area (Å²) in [5.41, 5.74) is 2.13. The highest BCUT2D eigenvalue weighted by Crippen LogP contribution is 2.31. The van der Waals surface area contributed by atoms with Gasteiger partial charge in [0.25, 0.3) is 11.6 Å².